The quantitative estimate of drug-likeness (QED) is 0.845. The van der Waals surface area contributed by atoms with Crippen LogP contribution >= 0.6 is 11.8 Å². The highest BCUT2D eigenvalue weighted by Gasteiger charge is 2.14. The first-order valence-corrected chi connectivity index (χ1v) is 8.61. The summed E-state index contributed by atoms with van der Waals surface area (Å²) in [5.41, 5.74) is 0.370. The summed E-state index contributed by atoms with van der Waals surface area (Å²) < 4.78 is 26.8. The van der Waals surface area contributed by atoms with E-state index in [0.717, 1.165) is 4.90 Å². The van der Waals surface area contributed by atoms with Gasteiger partial charge in [0, 0.05) is 10.6 Å². The average molecular weight is 322 g/mol. The zero-order chi connectivity index (χ0) is 15.5. The Kier molecular flexibility index (Phi) is 4.54. The summed E-state index contributed by atoms with van der Waals surface area (Å²) in [7, 11) is -3.75. The van der Waals surface area contributed by atoms with Crippen molar-refractivity contribution in [3.05, 3.63) is 54.1 Å². The number of carbonyl (C=O) groups is 1. The van der Waals surface area contributed by atoms with Gasteiger partial charge in [0.05, 0.1) is 10.9 Å². The Morgan fingerprint density at radius 3 is 2.10 bits per heavy atom. The fourth-order valence-corrected chi connectivity index (χ4v) is 3.11. The molecule has 0 heterocycles. The molecule has 21 heavy (non-hydrogen) atoms. The lowest BCUT2D eigenvalue weighted by molar-refractivity contribution is -0.255. The Labute approximate surface area is 127 Å². The fraction of sp³-hybridized carbons (Fsp3) is 0.0714. The van der Waals surface area contributed by atoms with Crippen molar-refractivity contribution in [3.8, 4) is 0 Å². The Bertz CT molecular complexity index is 738. The standard InChI is InChI=1S/C14H13NO4S2/c1-20-12-6-4-11(5-7-12)15-21(18,19)13-8-2-10(3-9-13)14(16)17/h2-9,15H,1H3,(H,16,17)/p-1. The van der Waals surface area contributed by atoms with Crippen LogP contribution in [0.1, 0.15) is 10.4 Å². The molecule has 0 saturated carbocycles. The first-order chi connectivity index (χ1) is 9.92. The van der Waals surface area contributed by atoms with Crippen molar-refractivity contribution < 1.29 is 18.3 Å². The fourth-order valence-electron chi connectivity index (χ4n) is 1.64. The van der Waals surface area contributed by atoms with E-state index in [1.54, 1.807) is 23.9 Å². The average Bonchev–Trinajstić information content (AvgIpc) is 2.48. The molecule has 0 fully saturated rings. The van der Waals surface area contributed by atoms with Crippen LogP contribution in [0.25, 0.3) is 0 Å². The second kappa shape index (κ2) is 6.19. The number of anilines is 1. The number of benzene rings is 2. The Hall–Kier alpha value is -1.99. The van der Waals surface area contributed by atoms with Crippen molar-refractivity contribution in [2.24, 2.45) is 0 Å². The van der Waals surface area contributed by atoms with Gasteiger partial charge in [0.2, 0.25) is 0 Å². The molecule has 0 radical (unpaired) electrons. The van der Waals surface area contributed by atoms with E-state index < -0.39 is 16.0 Å². The van der Waals surface area contributed by atoms with E-state index >= 15 is 0 Å². The van der Waals surface area contributed by atoms with Gasteiger partial charge < -0.3 is 9.90 Å². The number of rotatable bonds is 5. The minimum absolute atomic E-state index is 0.0126. The van der Waals surface area contributed by atoms with E-state index in [1.165, 1.54) is 24.3 Å². The molecule has 5 nitrogen and oxygen atoms in total. The number of carbonyl (C=O) groups excluding carboxylic acids is 1. The molecule has 2 rings (SSSR count). The Morgan fingerprint density at radius 2 is 1.62 bits per heavy atom. The van der Waals surface area contributed by atoms with E-state index in [2.05, 4.69) is 4.72 Å². The smallest absolute Gasteiger partial charge is 0.261 e. The van der Waals surface area contributed by atoms with Crippen LogP contribution in [0.3, 0.4) is 0 Å². The third-order valence-corrected chi connectivity index (χ3v) is 4.88. The van der Waals surface area contributed by atoms with E-state index in [0.29, 0.717) is 5.69 Å². The number of carboxylic acid groups (broad SMARTS) is 1. The van der Waals surface area contributed by atoms with E-state index in [1.807, 2.05) is 18.4 Å². The third-order valence-electron chi connectivity index (χ3n) is 2.74. The van der Waals surface area contributed by atoms with Crippen molar-refractivity contribution in [1.82, 2.24) is 0 Å². The van der Waals surface area contributed by atoms with Gasteiger partial charge in [0.15, 0.2) is 0 Å². The van der Waals surface area contributed by atoms with Crippen LogP contribution in [0.2, 0.25) is 0 Å². The van der Waals surface area contributed by atoms with Gasteiger partial charge in [-0.2, -0.15) is 0 Å². The molecule has 0 amide bonds. The van der Waals surface area contributed by atoms with Crippen LogP contribution in [0.5, 0.6) is 0 Å². The van der Waals surface area contributed by atoms with Crippen molar-refractivity contribution in [2.45, 2.75) is 9.79 Å². The monoisotopic (exact) mass is 322 g/mol. The maximum Gasteiger partial charge on any atom is 0.261 e. The van der Waals surface area contributed by atoms with Gasteiger partial charge in [-0.25, -0.2) is 8.42 Å². The second-order valence-electron chi connectivity index (χ2n) is 4.15. The van der Waals surface area contributed by atoms with Gasteiger partial charge in [-0.15, -0.1) is 11.8 Å². The Balaban J connectivity index is 2.22. The maximum absolute atomic E-state index is 12.2. The van der Waals surface area contributed by atoms with Crippen molar-refractivity contribution >= 4 is 33.4 Å². The summed E-state index contributed by atoms with van der Waals surface area (Å²) in [6.45, 7) is 0. The molecule has 2 aromatic rings. The predicted molar refractivity (Wildman–Crippen MR) is 79.8 cm³/mol. The van der Waals surface area contributed by atoms with Crippen molar-refractivity contribution in [2.75, 3.05) is 11.0 Å². The lowest BCUT2D eigenvalue weighted by atomic mass is 10.2. The molecular formula is C14H12NO4S2-. The molecule has 0 bridgehead atoms. The summed E-state index contributed by atoms with van der Waals surface area (Å²) in [4.78, 5) is 11.6. The van der Waals surface area contributed by atoms with Gasteiger partial charge in [-0.1, -0.05) is 12.1 Å². The third kappa shape index (κ3) is 3.77. The predicted octanol–water partition coefficient (Wildman–Crippen LogP) is 1.57. The van der Waals surface area contributed by atoms with Crippen LogP contribution in [0, 0.1) is 0 Å². The summed E-state index contributed by atoms with van der Waals surface area (Å²) in [6.07, 6.45) is 1.93. The topological polar surface area (TPSA) is 86.3 Å². The molecule has 0 aliphatic rings. The molecule has 0 saturated heterocycles. The van der Waals surface area contributed by atoms with Gasteiger partial charge in [-0.3, -0.25) is 4.72 Å². The van der Waals surface area contributed by atoms with Crippen LogP contribution in [0.15, 0.2) is 58.3 Å². The van der Waals surface area contributed by atoms with E-state index in [9.17, 15) is 18.3 Å². The summed E-state index contributed by atoms with van der Waals surface area (Å²) in [6, 6.07) is 11.8. The lowest BCUT2D eigenvalue weighted by Crippen LogP contribution is -2.22. The van der Waals surface area contributed by atoms with Crippen molar-refractivity contribution in [3.63, 3.8) is 0 Å². The van der Waals surface area contributed by atoms with Gasteiger partial charge >= 0.3 is 0 Å². The number of aromatic carboxylic acids is 1. The molecule has 0 aliphatic carbocycles. The minimum atomic E-state index is -3.75. The number of thioether (sulfide) groups is 1. The molecule has 0 aromatic heterocycles. The van der Waals surface area contributed by atoms with E-state index in [4.69, 9.17) is 0 Å². The van der Waals surface area contributed by atoms with Gasteiger partial charge in [-0.05, 0) is 48.2 Å². The van der Waals surface area contributed by atoms with E-state index in [-0.39, 0.29) is 10.5 Å². The summed E-state index contributed by atoms with van der Waals surface area (Å²) in [5.74, 6) is -1.35. The normalized spacial score (nSPS) is 11.1. The first-order valence-electron chi connectivity index (χ1n) is 5.90. The molecule has 1 N–H and O–H groups in total. The number of sulfonamides is 1. The minimum Gasteiger partial charge on any atom is -0.545 e. The number of nitrogens with one attached hydrogen (secondary N) is 1. The van der Waals surface area contributed by atoms with Crippen LogP contribution < -0.4 is 9.83 Å². The molecular weight excluding hydrogens is 310 g/mol. The zero-order valence-electron chi connectivity index (χ0n) is 11.1. The Morgan fingerprint density at radius 1 is 1.05 bits per heavy atom. The highest BCUT2D eigenvalue weighted by Crippen LogP contribution is 2.20. The molecule has 0 atom stereocenters. The second-order valence-corrected chi connectivity index (χ2v) is 6.71. The van der Waals surface area contributed by atoms with Crippen LogP contribution in [-0.4, -0.2) is 20.6 Å². The zero-order valence-corrected chi connectivity index (χ0v) is 12.7. The largest absolute Gasteiger partial charge is 0.545 e. The first kappa shape index (κ1) is 15.4. The molecule has 110 valence electrons. The maximum atomic E-state index is 12.2. The van der Waals surface area contributed by atoms with Gasteiger partial charge in [0.1, 0.15) is 0 Å². The lowest BCUT2D eigenvalue weighted by Gasteiger charge is -2.09. The summed E-state index contributed by atoms with van der Waals surface area (Å²) >= 11 is 1.56. The molecule has 0 aliphatic heterocycles. The number of hydrogen-bond acceptors (Lipinski definition) is 5. The van der Waals surface area contributed by atoms with Gasteiger partial charge in [0.25, 0.3) is 10.0 Å². The number of hydrogen-bond donors (Lipinski definition) is 1. The molecule has 0 spiro atoms. The molecule has 0 unspecified atom stereocenters. The van der Waals surface area contributed by atoms with Crippen LogP contribution in [0.4, 0.5) is 5.69 Å². The van der Waals surface area contributed by atoms with Crippen molar-refractivity contribution in [1.29, 1.82) is 0 Å². The highest BCUT2D eigenvalue weighted by molar-refractivity contribution is 7.98. The molecule has 7 heteroatoms. The highest BCUT2D eigenvalue weighted by atomic mass is 32.2. The summed E-state index contributed by atoms with van der Waals surface area (Å²) in [5, 5.41) is 10.6. The van der Waals surface area contributed by atoms with Crippen LogP contribution in [-0.2, 0) is 10.0 Å². The SMILES string of the molecule is CSc1ccc(NS(=O)(=O)c2ccc(C(=O)[O-])cc2)cc1. The number of carboxylic acids is 1. The molecule has 2 aromatic carbocycles.